The summed E-state index contributed by atoms with van der Waals surface area (Å²) in [5.41, 5.74) is 2.74. The van der Waals surface area contributed by atoms with Crippen LogP contribution in [0.5, 0.6) is 0 Å². The van der Waals surface area contributed by atoms with Crippen molar-refractivity contribution < 1.29 is 4.79 Å². The summed E-state index contributed by atoms with van der Waals surface area (Å²) < 4.78 is 0. The molecule has 0 aromatic carbocycles. The quantitative estimate of drug-likeness (QED) is 0.940. The van der Waals surface area contributed by atoms with E-state index in [1.54, 1.807) is 19.3 Å². The monoisotopic (exact) mass is 299 g/mol. The lowest BCUT2D eigenvalue weighted by atomic mass is 9.93. The highest BCUT2D eigenvalue weighted by Crippen LogP contribution is 2.20. The van der Waals surface area contributed by atoms with Crippen LogP contribution in [0.3, 0.4) is 0 Å². The summed E-state index contributed by atoms with van der Waals surface area (Å²) in [6, 6.07) is 0. The van der Waals surface area contributed by atoms with Gasteiger partial charge in [-0.15, -0.1) is 0 Å². The first kappa shape index (κ1) is 14.7. The summed E-state index contributed by atoms with van der Waals surface area (Å²) in [4.78, 5) is 29.8. The number of aryl methyl sites for hydroxylation is 1. The Morgan fingerprint density at radius 1 is 1.32 bits per heavy atom. The maximum Gasteiger partial charge on any atom is 0.219 e. The zero-order valence-corrected chi connectivity index (χ0v) is 13.0. The van der Waals surface area contributed by atoms with Gasteiger partial charge in [0, 0.05) is 38.1 Å². The summed E-state index contributed by atoms with van der Waals surface area (Å²) in [5.74, 6) is 1.39. The molecule has 1 atom stereocenters. The number of H-pyrrole nitrogens is 1. The van der Waals surface area contributed by atoms with Gasteiger partial charge in [-0.2, -0.15) is 0 Å². The van der Waals surface area contributed by atoms with Crippen molar-refractivity contribution in [3.05, 3.63) is 30.0 Å². The molecule has 22 heavy (non-hydrogen) atoms. The van der Waals surface area contributed by atoms with Gasteiger partial charge in [0.2, 0.25) is 5.91 Å². The van der Waals surface area contributed by atoms with Crippen molar-refractivity contribution in [3.63, 3.8) is 0 Å². The van der Waals surface area contributed by atoms with Crippen molar-refractivity contribution in [1.29, 1.82) is 0 Å². The van der Waals surface area contributed by atoms with Gasteiger partial charge in [-0.1, -0.05) is 0 Å². The minimum atomic E-state index is 0.166. The number of piperidine rings is 1. The molecule has 6 nitrogen and oxygen atoms in total. The Morgan fingerprint density at radius 2 is 2.18 bits per heavy atom. The van der Waals surface area contributed by atoms with Crippen LogP contribution < -0.4 is 0 Å². The molecule has 0 aliphatic carbocycles. The van der Waals surface area contributed by atoms with Crippen molar-refractivity contribution in [3.8, 4) is 11.5 Å². The number of hydrogen-bond donors (Lipinski definition) is 1. The molecule has 1 aliphatic rings. The van der Waals surface area contributed by atoms with E-state index in [0.717, 1.165) is 55.3 Å². The number of amides is 1. The Balaban J connectivity index is 1.65. The molecule has 0 bridgehead atoms. The van der Waals surface area contributed by atoms with Crippen LogP contribution in [0, 0.1) is 12.8 Å². The summed E-state index contributed by atoms with van der Waals surface area (Å²) in [7, 11) is 0. The van der Waals surface area contributed by atoms with E-state index in [9.17, 15) is 4.79 Å². The Bertz CT molecular complexity index is 649. The average Bonchev–Trinajstić information content (AvgIpc) is 2.95. The van der Waals surface area contributed by atoms with E-state index in [1.165, 1.54) is 0 Å². The number of likely N-dealkylation sites (tertiary alicyclic amines) is 1. The van der Waals surface area contributed by atoms with Crippen LogP contribution in [-0.4, -0.2) is 43.8 Å². The number of carbonyl (C=O) groups is 1. The zero-order valence-electron chi connectivity index (χ0n) is 13.0. The van der Waals surface area contributed by atoms with E-state index >= 15 is 0 Å². The van der Waals surface area contributed by atoms with Gasteiger partial charge < -0.3 is 9.88 Å². The number of aromatic amines is 1. The Labute approximate surface area is 130 Å². The largest absolute Gasteiger partial charge is 0.343 e. The van der Waals surface area contributed by atoms with Crippen molar-refractivity contribution in [2.24, 2.45) is 5.92 Å². The van der Waals surface area contributed by atoms with Crippen LogP contribution in [0.1, 0.15) is 31.2 Å². The first-order valence-electron chi connectivity index (χ1n) is 7.70. The molecule has 0 radical (unpaired) electrons. The number of hydrogen-bond acceptors (Lipinski definition) is 4. The Kier molecular flexibility index (Phi) is 4.18. The van der Waals surface area contributed by atoms with Gasteiger partial charge in [-0.3, -0.25) is 9.78 Å². The van der Waals surface area contributed by atoms with Crippen molar-refractivity contribution in [2.75, 3.05) is 13.1 Å². The third kappa shape index (κ3) is 3.32. The van der Waals surface area contributed by atoms with Gasteiger partial charge in [0.05, 0.1) is 11.9 Å². The number of nitrogens with zero attached hydrogens (tertiary/aromatic N) is 4. The molecule has 1 saturated heterocycles. The normalized spacial score (nSPS) is 18.5. The summed E-state index contributed by atoms with van der Waals surface area (Å²) in [5, 5.41) is 0. The van der Waals surface area contributed by atoms with Gasteiger partial charge in [-0.05, 0) is 32.1 Å². The van der Waals surface area contributed by atoms with E-state index < -0.39 is 0 Å². The van der Waals surface area contributed by atoms with Crippen molar-refractivity contribution >= 4 is 5.91 Å². The minimum absolute atomic E-state index is 0.166. The fraction of sp³-hybridized carbons (Fsp3) is 0.500. The van der Waals surface area contributed by atoms with Crippen LogP contribution in [0.4, 0.5) is 0 Å². The number of nitrogens with one attached hydrogen (secondary N) is 1. The third-order valence-corrected chi connectivity index (χ3v) is 4.11. The highest BCUT2D eigenvalue weighted by Gasteiger charge is 2.22. The number of carbonyl (C=O) groups excluding carboxylic acids is 1. The first-order chi connectivity index (χ1) is 10.6. The highest BCUT2D eigenvalue weighted by atomic mass is 16.2. The van der Waals surface area contributed by atoms with Crippen molar-refractivity contribution in [1.82, 2.24) is 24.8 Å². The first-order valence-corrected chi connectivity index (χ1v) is 7.70. The molecular formula is C16H21N5O. The molecule has 1 N–H and O–H groups in total. The van der Waals surface area contributed by atoms with Crippen LogP contribution in [0.25, 0.3) is 11.5 Å². The molecule has 1 fully saturated rings. The summed E-state index contributed by atoms with van der Waals surface area (Å²) >= 11 is 0. The van der Waals surface area contributed by atoms with Gasteiger partial charge in [0.15, 0.2) is 5.82 Å². The van der Waals surface area contributed by atoms with E-state index in [0.29, 0.717) is 5.92 Å². The molecule has 1 aliphatic heterocycles. The van der Waals surface area contributed by atoms with E-state index in [2.05, 4.69) is 19.9 Å². The van der Waals surface area contributed by atoms with Gasteiger partial charge in [0.25, 0.3) is 0 Å². The molecule has 0 saturated carbocycles. The fourth-order valence-electron chi connectivity index (χ4n) is 2.94. The van der Waals surface area contributed by atoms with Gasteiger partial charge in [-0.25, -0.2) is 9.97 Å². The third-order valence-electron chi connectivity index (χ3n) is 4.11. The van der Waals surface area contributed by atoms with Crippen LogP contribution in [0.2, 0.25) is 0 Å². The van der Waals surface area contributed by atoms with Gasteiger partial charge in [0.1, 0.15) is 5.69 Å². The molecule has 0 spiro atoms. The molecule has 1 unspecified atom stereocenters. The molecule has 3 heterocycles. The van der Waals surface area contributed by atoms with E-state index in [4.69, 9.17) is 0 Å². The Hall–Kier alpha value is -2.24. The average molecular weight is 299 g/mol. The van der Waals surface area contributed by atoms with E-state index in [1.807, 2.05) is 18.0 Å². The van der Waals surface area contributed by atoms with Crippen molar-refractivity contribution in [2.45, 2.75) is 33.1 Å². The maximum atomic E-state index is 11.5. The number of rotatable bonds is 3. The fourth-order valence-corrected chi connectivity index (χ4v) is 2.94. The lowest BCUT2D eigenvalue weighted by molar-refractivity contribution is -0.130. The second kappa shape index (κ2) is 6.25. The van der Waals surface area contributed by atoms with Crippen LogP contribution >= 0.6 is 0 Å². The molecule has 2 aromatic heterocycles. The number of aromatic nitrogens is 4. The molecule has 1 amide bonds. The summed E-state index contributed by atoms with van der Waals surface area (Å²) in [6.07, 6.45) is 8.45. The highest BCUT2D eigenvalue weighted by molar-refractivity contribution is 5.73. The molecule has 2 aromatic rings. The number of imidazole rings is 1. The maximum absolute atomic E-state index is 11.5. The Morgan fingerprint density at radius 3 is 2.82 bits per heavy atom. The molecular weight excluding hydrogens is 278 g/mol. The molecule has 3 rings (SSSR count). The van der Waals surface area contributed by atoms with E-state index in [-0.39, 0.29) is 5.91 Å². The predicted octanol–water partition coefficient (Wildman–Crippen LogP) is 1.98. The lowest BCUT2D eigenvalue weighted by Gasteiger charge is -2.31. The standard InChI is InChI=1S/C16H21N5O/c1-11-7-19-16(20-11)15-9-17-14(8-18-15)6-13-4-3-5-21(10-13)12(2)22/h7-9,13H,3-6,10H2,1-2H3,(H,19,20). The van der Waals surface area contributed by atoms with Crippen LogP contribution in [-0.2, 0) is 11.2 Å². The lowest BCUT2D eigenvalue weighted by Crippen LogP contribution is -2.39. The second-order valence-corrected chi connectivity index (χ2v) is 5.99. The minimum Gasteiger partial charge on any atom is -0.343 e. The smallest absolute Gasteiger partial charge is 0.219 e. The predicted molar refractivity (Wildman–Crippen MR) is 83.0 cm³/mol. The zero-order chi connectivity index (χ0) is 15.5. The van der Waals surface area contributed by atoms with Gasteiger partial charge >= 0.3 is 0 Å². The summed E-state index contributed by atoms with van der Waals surface area (Å²) in [6.45, 7) is 5.31. The molecule has 6 heteroatoms. The SMILES string of the molecule is CC(=O)N1CCCC(Cc2cnc(-c3ncc(C)[nH]3)cn2)C1. The van der Waals surface area contributed by atoms with Crippen LogP contribution in [0.15, 0.2) is 18.6 Å². The second-order valence-electron chi connectivity index (χ2n) is 5.99. The molecule has 116 valence electrons. The topological polar surface area (TPSA) is 74.8 Å².